The zero-order chi connectivity index (χ0) is 9.97. The van der Waals surface area contributed by atoms with Crippen LogP contribution in [0.4, 0.5) is 5.82 Å². The van der Waals surface area contributed by atoms with Crippen molar-refractivity contribution in [3.05, 3.63) is 18.1 Å². The van der Waals surface area contributed by atoms with Crippen molar-refractivity contribution >= 4 is 11.7 Å². The number of nitrogens with two attached hydrogens (primary N) is 1. The number of amidine groups is 1. The van der Waals surface area contributed by atoms with E-state index in [0.29, 0.717) is 5.69 Å². The van der Waals surface area contributed by atoms with Gasteiger partial charge in [0.15, 0.2) is 5.84 Å². The minimum Gasteiger partial charge on any atom is -0.409 e. The molecule has 2 rings (SSSR count). The molecule has 6 nitrogen and oxygen atoms in total. The molecule has 1 aromatic rings. The van der Waals surface area contributed by atoms with E-state index >= 15 is 0 Å². The summed E-state index contributed by atoms with van der Waals surface area (Å²) in [5.74, 6) is 0.835. The first-order chi connectivity index (χ1) is 6.81. The maximum atomic E-state index is 8.48. The third-order valence-corrected chi connectivity index (χ3v) is 2.20. The van der Waals surface area contributed by atoms with Crippen LogP contribution in [0.2, 0.25) is 0 Å². The highest BCUT2D eigenvalue weighted by Gasteiger charge is 2.16. The van der Waals surface area contributed by atoms with Gasteiger partial charge in [-0.05, 0) is 6.42 Å². The molecule has 0 amide bonds. The Morgan fingerprint density at radius 3 is 2.86 bits per heavy atom. The quantitative estimate of drug-likeness (QED) is 0.293. The van der Waals surface area contributed by atoms with Crippen molar-refractivity contribution in [1.29, 1.82) is 0 Å². The summed E-state index contributed by atoms with van der Waals surface area (Å²) in [6.07, 6.45) is 2.60. The van der Waals surface area contributed by atoms with E-state index in [1.54, 1.807) is 6.07 Å². The lowest BCUT2D eigenvalue weighted by atomic mass is 10.2. The second kappa shape index (κ2) is 3.49. The SMILES string of the molecule is N/C(=N/O)c1cc(N2CCC2)ncn1. The Morgan fingerprint density at radius 2 is 2.29 bits per heavy atom. The minimum absolute atomic E-state index is 0.00849. The first-order valence-electron chi connectivity index (χ1n) is 4.36. The predicted octanol–water partition coefficient (Wildman–Crippen LogP) is -0.219. The van der Waals surface area contributed by atoms with Crippen molar-refractivity contribution in [2.45, 2.75) is 6.42 Å². The summed E-state index contributed by atoms with van der Waals surface area (Å²) < 4.78 is 0. The first-order valence-corrected chi connectivity index (χ1v) is 4.36. The summed E-state index contributed by atoms with van der Waals surface area (Å²) in [5.41, 5.74) is 5.86. The summed E-state index contributed by atoms with van der Waals surface area (Å²) in [5, 5.41) is 11.4. The van der Waals surface area contributed by atoms with E-state index in [2.05, 4.69) is 20.0 Å². The van der Waals surface area contributed by atoms with Crippen molar-refractivity contribution < 1.29 is 5.21 Å². The highest BCUT2D eigenvalue weighted by molar-refractivity contribution is 5.95. The number of nitrogens with zero attached hydrogens (tertiary/aromatic N) is 4. The lowest BCUT2D eigenvalue weighted by Gasteiger charge is -2.31. The third-order valence-electron chi connectivity index (χ3n) is 2.20. The van der Waals surface area contributed by atoms with E-state index in [4.69, 9.17) is 10.9 Å². The number of hydrogen-bond acceptors (Lipinski definition) is 5. The average Bonchev–Trinajstić information content (AvgIpc) is 2.14. The Morgan fingerprint density at radius 1 is 1.50 bits per heavy atom. The summed E-state index contributed by atoms with van der Waals surface area (Å²) in [6, 6.07) is 1.72. The monoisotopic (exact) mass is 193 g/mol. The van der Waals surface area contributed by atoms with E-state index in [-0.39, 0.29) is 5.84 Å². The van der Waals surface area contributed by atoms with Crippen LogP contribution < -0.4 is 10.6 Å². The average molecular weight is 193 g/mol. The Labute approximate surface area is 81.1 Å². The fourth-order valence-corrected chi connectivity index (χ4v) is 1.26. The number of hydrogen-bond donors (Lipinski definition) is 2. The minimum atomic E-state index is 0.00849. The largest absolute Gasteiger partial charge is 0.409 e. The van der Waals surface area contributed by atoms with E-state index in [0.717, 1.165) is 18.9 Å². The van der Waals surface area contributed by atoms with Gasteiger partial charge in [-0.1, -0.05) is 5.16 Å². The van der Waals surface area contributed by atoms with E-state index < -0.39 is 0 Å². The first kappa shape index (κ1) is 8.74. The third kappa shape index (κ3) is 1.46. The van der Waals surface area contributed by atoms with E-state index in [9.17, 15) is 0 Å². The Hall–Kier alpha value is -1.85. The molecule has 0 unspecified atom stereocenters. The van der Waals surface area contributed by atoms with Gasteiger partial charge in [-0.3, -0.25) is 0 Å². The van der Waals surface area contributed by atoms with E-state index in [1.165, 1.54) is 12.7 Å². The Kier molecular flexibility index (Phi) is 2.18. The van der Waals surface area contributed by atoms with E-state index in [1.807, 2.05) is 0 Å². The molecule has 1 aromatic heterocycles. The van der Waals surface area contributed by atoms with Crippen LogP contribution in [0.5, 0.6) is 0 Å². The van der Waals surface area contributed by atoms with Crippen LogP contribution in [0.3, 0.4) is 0 Å². The lowest BCUT2D eigenvalue weighted by molar-refractivity contribution is 0.318. The van der Waals surface area contributed by atoms with Gasteiger partial charge >= 0.3 is 0 Å². The van der Waals surface area contributed by atoms with Gasteiger partial charge in [0, 0.05) is 19.2 Å². The van der Waals surface area contributed by atoms with Gasteiger partial charge in [0.1, 0.15) is 17.8 Å². The second-order valence-electron chi connectivity index (χ2n) is 3.09. The molecule has 2 heterocycles. The molecule has 1 aliphatic rings. The topological polar surface area (TPSA) is 87.6 Å². The van der Waals surface area contributed by atoms with Crippen molar-refractivity contribution in [1.82, 2.24) is 9.97 Å². The summed E-state index contributed by atoms with van der Waals surface area (Å²) in [6.45, 7) is 2.01. The van der Waals surface area contributed by atoms with Crippen molar-refractivity contribution in [3.8, 4) is 0 Å². The summed E-state index contributed by atoms with van der Waals surface area (Å²) in [4.78, 5) is 10.1. The Bertz CT molecular complexity index is 361. The van der Waals surface area contributed by atoms with Gasteiger partial charge in [0.05, 0.1) is 0 Å². The maximum absolute atomic E-state index is 8.48. The molecule has 74 valence electrons. The molecule has 0 atom stereocenters. The lowest BCUT2D eigenvalue weighted by Crippen LogP contribution is -2.37. The van der Waals surface area contributed by atoms with Crippen LogP contribution in [0, 0.1) is 0 Å². The Balaban J connectivity index is 2.26. The van der Waals surface area contributed by atoms with Crippen LogP contribution >= 0.6 is 0 Å². The molecule has 0 bridgehead atoms. The van der Waals surface area contributed by atoms with Crippen molar-refractivity contribution in [2.24, 2.45) is 10.9 Å². The normalized spacial score (nSPS) is 16.6. The zero-order valence-electron chi connectivity index (χ0n) is 7.59. The molecular formula is C8H11N5O. The zero-order valence-corrected chi connectivity index (χ0v) is 7.59. The van der Waals surface area contributed by atoms with Gasteiger partial charge in [0.2, 0.25) is 0 Å². The highest BCUT2D eigenvalue weighted by atomic mass is 16.4. The molecule has 0 spiro atoms. The van der Waals surface area contributed by atoms with Crippen LogP contribution in [0.25, 0.3) is 0 Å². The van der Waals surface area contributed by atoms with Crippen molar-refractivity contribution in [2.75, 3.05) is 18.0 Å². The molecule has 3 N–H and O–H groups in total. The van der Waals surface area contributed by atoms with Gasteiger partial charge < -0.3 is 15.8 Å². The molecule has 1 aliphatic heterocycles. The van der Waals surface area contributed by atoms with Crippen LogP contribution in [-0.4, -0.2) is 34.1 Å². The van der Waals surface area contributed by atoms with Gasteiger partial charge in [-0.15, -0.1) is 0 Å². The fourth-order valence-electron chi connectivity index (χ4n) is 1.26. The second-order valence-corrected chi connectivity index (χ2v) is 3.09. The molecule has 0 aromatic carbocycles. The molecule has 6 heteroatoms. The molecule has 0 radical (unpaired) electrons. The van der Waals surface area contributed by atoms with Gasteiger partial charge in [0.25, 0.3) is 0 Å². The van der Waals surface area contributed by atoms with Crippen LogP contribution in [0.1, 0.15) is 12.1 Å². The van der Waals surface area contributed by atoms with Gasteiger partial charge in [-0.2, -0.15) is 0 Å². The number of aromatic nitrogens is 2. The molecule has 1 saturated heterocycles. The van der Waals surface area contributed by atoms with Crippen LogP contribution in [-0.2, 0) is 0 Å². The predicted molar refractivity (Wildman–Crippen MR) is 51.4 cm³/mol. The van der Waals surface area contributed by atoms with Crippen LogP contribution in [0.15, 0.2) is 17.5 Å². The highest BCUT2D eigenvalue weighted by Crippen LogP contribution is 2.17. The molecule has 0 saturated carbocycles. The molecule has 14 heavy (non-hydrogen) atoms. The summed E-state index contributed by atoms with van der Waals surface area (Å²) >= 11 is 0. The molecular weight excluding hydrogens is 182 g/mol. The number of oxime groups is 1. The standard InChI is InChI=1S/C8H11N5O/c9-8(12-14)6-4-7(11-5-10-6)13-2-1-3-13/h4-5,14H,1-3H2,(H2,9,12). The smallest absolute Gasteiger partial charge is 0.188 e. The molecule has 1 fully saturated rings. The van der Waals surface area contributed by atoms with Gasteiger partial charge in [-0.25, -0.2) is 9.97 Å². The number of anilines is 1. The molecule has 0 aliphatic carbocycles. The van der Waals surface area contributed by atoms with Crippen molar-refractivity contribution in [3.63, 3.8) is 0 Å². The summed E-state index contributed by atoms with van der Waals surface area (Å²) in [7, 11) is 0. The number of rotatable bonds is 2. The fraction of sp³-hybridized carbons (Fsp3) is 0.375. The maximum Gasteiger partial charge on any atom is 0.188 e.